The molecule has 0 aliphatic rings. The van der Waals surface area contributed by atoms with E-state index in [9.17, 15) is 13.2 Å². The monoisotopic (exact) mass is 402 g/mol. The maximum absolute atomic E-state index is 13.2. The molecule has 0 saturated heterocycles. The number of alkyl halides is 3. The summed E-state index contributed by atoms with van der Waals surface area (Å²) in [4.78, 5) is 2.17. The van der Waals surface area contributed by atoms with Gasteiger partial charge in [0, 0.05) is 19.5 Å². The van der Waals surface area contributed by atoms with Crippen molar-refractivity contribution in [3.05, 3.63) is 71.4 Å². The number of anilines is 1. The van der Waals surface area contributed by atoms with Gasteiger partial charge in [0.05, 0.1) is 11.3 Å². The maximum atomic E-state index is 13.2. The Labute approximate surface area is 169 Å². The molecular formula is C22H25F3N4. The van der Waals surface area contributed by atoms with E-state index in [0.29, 0.717) is 12.1 Å². The molecule has 0 saturated carbocycles. The van der Waals surface area contributed by atoms with Crippen molar-refractivity contribution in [2.45, 2.75) is 39.3 Å². The number of rotatable bonds is 8. The number of nitrogens with zero attached hydrogens (tertiary/aromatic N) is 4. The highest BCUT2D eigenvalue weighted by molar-refractivity contribution is 5.52. The van der Waals surface area contributed by atoms with Crippen LogP contribution in [0.4, 0.5) is 19.0 Å². The van der Waals surface area contributed by atoms with E-state index in [-0.39, 0.29) is 0 Å². The molecule has 29 heavy (non-hydrogen) atoms. The molecule has 0 unspecified atom stereocenters. The first-order valence-corrected chi connectivity index (χ1v) is 9.85. The summed E-state index contributed by atoms with van der Waals surface area (Å²) in [5, 5.41) is 8.60. The molecule has 1 heterocycles. The van der Waals surface area contributed by atoms with Crippen LogP contribution in [0.25, 0.3) is 5.69 Å². The lowest BCUT2D eigenvalue weighted by atomic mass is 10.1. The van der Waals surface area contributed by atoms with Gasteiger partial charge < -0.3 is 4.90 Å². The molecular weight excluding hydrogens is 377 g/mol. The van der Waals surface area contributed by atoms with E-state index in [0.717, 1.165) is 55.1 Å². The van der Waals surface area contributed by atoms with Gasteiger partial charge in [-0.1, -0.05) is 55.5 Å². The highest BCUT2D eigenvalue weighted by atomic mass is 19.4. The Bertz CT molecular complexity index is 913. The first-order chi connectivity index (χ1) is 13.9. The van der Waals surface area contributed by atoms with Crippen LogP contribution in [0.15, 0.2) is 54.6 Å². The summed E-state index contributed by atoms with van der Waals surface area (Å²) in [5.74, 6) is 0.761. The van der Waals surface area contributed by atoms with Crippen LogP contribution in [0, 0.1) is 0 Å². The minimum absolute atomic E-state index is 0.360. The Balaban J connectivity index is 2.09. The molecule has 0 aliphatic heterocycles. The number of hydrogen-bond donors (Lipinski definition) is 0. The predicted molar refractivity (Wildman–Crippen MR) is 108 cm³/mol. The molecule has 3 aromatic rings. The summed E-state index contributed by atoms with van der Waals surface area (Å²) in [5.41, 5.74) is 1.51. The Morgan fingerprint density at radius 3 is 2.24 bits per heavy atom. The van der Waals surface area contributed by atoms with Gasteiger partial charge in [-0.25, -0.2) is 0 Å². The van der Waals surface area contributed by atoms with Crippen LogP contribution in [0.1, 0.15) is 43.5 Å². The van der Waals surface area contributed by atoms with Crippen molar-refractivity contribution in [1.29, 1.82) is 0 Å². The van der Waals surface area contributed by atoms with E-state index in [1.807, 2.05) is 30.3 Å². The van der Waals surface area contributed by atoms with Gasteiger partial charge in [0.15, 0.2) is 5.82 Å². The topological polar surface area (TPSA) is 34.0 Å². The molecule has 0 aliphatic carbocycles. The van der Waals surface area contributed by atoms with Gasteiger partial charge in [-0.2, -0.15) is 17.9 Å². The molecule has 0 bridgehead atoms. The van der Waals surface area contributed by atoms with Crippen molar-refractivity contribution in [2.24, 2.45) is 0 Å². The molecule has 0 spiro atoms. The molecule has 2 aromatic carbocycles. The standard InChI is InChI=1S/C22H25F3N4/c1-3-13-28(14-4-2)21-20(15-17-9-6-5-7-10-17)26-27-29(21)19-12-8-11-18(16-19)22(23,24)25/h5-12,16H,3-4,13-15H2,1-2H3. The Morgan fingerprint density at radius 1 is 0.931 bits per heavy atom. The summed E-state index contributed by atoms with van der Waals surface area (Å²) in [6.07, 6.45) is -2.01. The predicted octanol–water partition coefficient (Wildman–Crippen LogP) is 5.50. The van der Waals surface area contributed by atoms with Gasteiger partial charge >= 0.3 is 6.18 Å². The van der Waals surface area contributed by atoms with Crippen LogP contribution in [0.2, 0.25) is 0 Å². The third-order valence-electron chi connectivity index (χ3n) is 4.63. The normalized spacial score (nSPS) is 11.6. The zero-order valence-corrected chi connectivity index (χ0v) is 16.7. The van der Waals surface area contributed by atoms with Crippen LogP contribution in [0.5, 0.6) is 0 Å². The van der Waals surface area contributed by atoms with Gasteiger partial charge in [0.1, 0.15) is 5.69 Å². The average Bonchev–Trinajstić information content (AvgIpc) is 3.11. The lowest BCUT2D eigenvalue weighted by molar-refractivity contribution is -0.137. The van der Waals surface area contributed by atoms with Crippen LogP contribution in [-0.4, -0.2) is 28.1 Å². The summed E-state index contributed by atoms with van der Waals surface area (Å²) >= 11 is 0. The molecule has 0 radical (unpaired) electrons. The Hall–Kier alpha value is -2.83. The second-order valence-corrected chi connectivity index (χ2v) is 6.97. The van der Waals surface area contributed by atoms with E-state index >= 15 is 0 Å². The van der Waals surface area contributed by atoms with E-state index in [1.54, 1.807) is 10.7 Å². The van der Waals surface area contributed by atoms with Gasteiger partial charge in [0.25, 0.3) is 0 Å². The molecule has 154 valence electrons. The van der Waals surface area contributed by atoms with E-state index in [4.69, 9.17) is 0 Å². The summed E-state index contributed by atoms with van der Waals surface area (Å²) in [6.45, 7) is 5.72. The second kappa shape index (κ2) is 9.11. The molecule has 7 heteroatoms. The van der Waals surface area contributed by atoms with Crippen LogP contribution >= 0.6 is 0 Å². The number of aromatic nitrogens is 3. The minimum Gasteiger partial charge on any atom is -0.355 e. The lowest BCUT2D eigenvalue weighted by Crippen LogP contribution is -2.28. The first kappa shape index (κ1) is 20.9. The van der Waals surface area contributed by atoms with Crippen LogP contribution < -0.4 is 4.90 Å². The molecule has 0 atom stereocenters. The first-order valence-electron chi connectivity index (χ1n) is 9.85. The van der Waals surface area contributed by atoms with Gasteiger partial charge in [-0.15, -0.1) is 5.10 Å². The van der Waals surface area contributed by atoms with E-state index < -0.39 is 11.7 Å². The SMILES string of the molecule is CCCN(CCC)c1c(Cc2ccccc2)nnn1-c1cccc(C(F)(F)F)c1. The second-order valence-electron chi connectivity index (χ2n) is 6.97. The minimum atomic E-state index is -4.41. The van der Waals surface area contributed by atoms with Gasteiger partial charge in [0.2, 0.25) is 0 Å². The van der Waals surface area contributed by atoms with Gasteiger partial charge in [-0.3, -0.25) is 0 Å². The van der Waals surface area contributed by atoms with Crippen molar-refractivity contribution in [3.8, 4) is 5.69 Å². The number of hydrogen-bond acceptors (Lipinski definition) is 3. The van der Waals surface area contributed by atoms with Gasteiger partial charge in [-0.05, 0) is 36.6 Å². The largest absolute Gasteiger partial charge is 0.416 e. The molecule has 1 aromatic heterocycles. The Kier molecular flexibility index (Phi) is 6.56. The third-order valence-corrected chi connectivity index (χ3v) is 4.63. The summed E-state index contributed by atoms with van der Waals surface area (Å²) < 4.78 is 41.2. The van der Waals surface area contributed by atoms with Crippen LogP contribution in [-0.2, 0) is 12.6 Å². The average molecular weight is 402 g/mol. The Morgan fingerprint density at radius 2 is 1.62 bits per heavy atom. The van der Waals surface area contributed by atoms with Crippen molar-refractivity contribution in [2.75, 3.05) is 18.0 Å². The number of halogens is 3. The molecule has 3 rings (SSSR count). The van der Waals surface area contributed by atoms with Crippen molar-refractivity contribution in [1.82, 2.24) is 15.0 Å². The zero-order valence-electron chi connectivity index (χ0n) is 16.7. The number of benzene rings is 2. The molecule has 4 nitrogen and oxygen atoms in total. The summed E-state index contributed by atoms with van der Waals surface area (Å²) in [6, 6.07) is 15.1. The summed E-state index contributed by atoms with van der Waals surface area (Å²) in [7, 11) is 0. The quantitative estimate of drug-likeness (QED) is 0.499. The lowest BCUT2D eigenvalue weighted by Gasteiger charge is -2.25. The fourth-order valence-electron chi connectivity index (χ4n) is 3.38. The third kappa shape index (κ3) is 4.96. The maximum Gasteiger partial charge on any atom is 0.416 e. The molecule has 0 amide bonds. The van der Waals surface area contributed by atoms with E-state index in [2.05, 4.69) is 29.1 Å². The van der Waals surface area contributed by atoms with Crippen LogP contribution in [0.3, 0.4) is 0 Å². The van der Waals surface area contributed by atoms with Crippen molar-refractivity contribution < 1.29 is 13.2 Å². The fraction of sp³-hybridized carbons (Fsp3) is 0.364. The molecule has 0 N–H and O–H groups in total. The van der Waals surface area contributed by atoms with Crippen molar-refractivity contribution in [3.63, 3.8) is 0 Å². The highest BCUT2D eigenvalue weighted by Crippen LogP contribution is 2.32. The smallest absolute Gasteiger partial charge is 0.355 e. The fourth-order valence-corrected chi connectivity index (χ4v) is 3.38. The van der Waals surface area contributed by atoms with E-state index in [1.165, 1.54) is 6.07 Å². The zero-order chi connectivity index (χ0) is 20.9. The highest BCUT2D eigenvalue weighted by Gasteiger charge is 2.31. The molecule has 0 fully saturated rings. The van der Waals surface area contributed by atoms with Crippen molar-refractivity contribution >= 4 is 5.82 Å².